The molecule has 2 bridgehead atoms. The van der Waals surface area contributed by atoms with Crippen molar-refractivity contribution in [2.45, 2.75) is 31.8 Å². The topological polar surface area (TPSA) is 61.0 Å². The van der Waals surface area contributed by atoms with E-state index < -0.39 is 11.2 Å². The molecule has 2 heterocycles. The van der Waals surface area contributed by atoms with Gasteiger partial charge in [0.15, 0.2) is 0 Å². The Labute approximate surface area is 167 Å². The van der Waals surface area contributed by atoms with Crippen LogP contribution in [0.25, 0.3) is 0 Å². The van der Waals surface area contributed by atoms with Crippen LogP contribution in [0.4, 0.5) is 0 Å². The van der Waals surface area contributed by atoms with Crippen molar-refractivity contribution in [2.75, 3.05) is 39.3 Å². The summed E-state index contributed by atoms with van der Waals surface area (Å²) in [5.41, 5.74) is 3.88. The van der Waals surface area contributed by atoms with Crippen LogP contribution in [0.15, 0.2) is 12.1 Å². The first kappa shape index (κ1) is 21.7. The molecule has 25 heavy (non-hydrogen) atoms. The van der Waals surface area contributed by atoms with E-state index in [0.717, 1.165) is 51.5 Å². The van der Waals surface area contributed by atoms with Crippen LogP contribution in [-0.2, 0) is 24.1 Å². The van der Waals surface area contributed by atoms with Gasteiger partial charge in [-0.05, 0) is 30.9 Å². The fraction of sp³-hybridized carbons (Fsp3) is 0.688. The Hall–Kier alpha value is 0.379. The number of aryl methyl sites for hydroxylation is 1. The molecule has 1 aromatic heterocycles. The zero-order chi connectivity index (χ0) is 17.9. The van der Waals surface area contributed by atoms with Crippen LogP contribution < -0.4 is 21.3 Å². The Bertz CT molecular complexity index is 504. The molecule has 1 aromatic rings. The number of nitrogens with one attached hydrogen (secondary N) is 4. The summed E-state index contributed by atoms with van der Waals surface area (Å²) >= 11 is -1.33. The van der Waals surface area contributed by atoms with Gasteiger partial charge in [-0.25, -0.2) is 0 Å². The molecule has 0 radical (unpaired) electrons. The first-order valence-corrected chi connectivity index (χ1v) is 13.2. The van der Waals surface area contributed by atoms with Crippen LogP contribution in [0.3, 0.4) is 0 Å². The summed E-state index contributed by atoms with van der Waals surface area (Å²) in [5, 5.41) is 14.0. The van der Waals surface area contributed by atoms with Crippen molar-refractivity contribution >= 4 is 30.3 Å². The molecule has 3 rings (SSSR count). The third-order valence-electron chi connectivity index (χ3n) is 4.29. The molecule has 1 aliphatic heterocycles. The second-order valence-electron chi connectivity index (χ2n) is 6.07. The van der Waals surface area contributed by atoms with Gasteiger partial charge in [-0.1, -0.05) is 6.07 Å². The Morgan fingerprint density at radius 1 is 0.920 bits per heavy atom. The van der Waals surface area contributed by atoms with E-state index in [4.69, 9.17) is 35.3 Å². The standard InChI is InChI=1S/C16H27N5.3ClH.Fe/c1-2-13-4-5-14-12-19-9-8-17-6-7-18-10-11-20-15(3-1)16(13)21-14;;;;/h4-5,15,17-20H,1-3,6-12H2;3*1H;/q;;;;+3/p-3. The molecule has 1 aliphatic carbocycles. The van der Waals surface area contributed by atoms with E-state index in [0.29, 0.717) is 6.04 Å². The summed E-state index contributed by atoms with van der Waals surface area (Å²) in [4.78, 5) is 4.92. The van der Waals surface area contributed by atoms with E-state index in [1.165, 1.54) is 30.5 Å². The minimum atomic E-state index is -1.33. The summed E-state index contributed by atoms with van der Waals surface area (Å²) in [7, 11) is 14.7. The number of hydrogen-bond donors (Lipinski definition) is 4. The van der Waals surface area contributed by atoms with E-state index in [1.54, 1.807) is 0 Å². The van der Waals surface area contributed by atoms with Crippen molar-refractivity contribution in [3.8, 4) is 0 Å². The van der Waals surface area contributed by atoms with Gasteiger partial charge in [0.05, 0.1) is 11.4 Å². The fourth-order valence-electron chi connectivity index (χ4n) is 3.14. The number of rotatable bonds is 0. The predicted molar refractivity (Wildman–Crippen MR) is 103 cm³/mol. The molecule has 0 fully saturated rings. The van der Waals surface area contributed by atoms with Gasteiger partial charge in [0.1, 0.15) is 0 Å². The van der Waals surface area contributed by atoms with Gasteiger partial charge in [0.25, 0.3) is 0 Å². The number of hydrogen-bond acceptors (Lipinski definition) is 5. The molecular formula is C16H27Cl3FeN5. The molecule has 2 aliphatic rings. The molecule has 0 saturated heterocycles. The minimum Gasteiger partial charge on any atom is -0.314 e. The SMILES string of the molecule is [Cl][Fe]([Cl])[Cl].c1cc2c3nc1CNCCNCCNCCNC3CCC2. The van der Waals surface area contributed by atoms with Crippen LogP contribution in [0, 0.1) is 0 Å². The van der Waals surface area contributed by atoms with E-state index in [1.807, 2.05) is 0 Å². The van der Waals surface area contributed by atoms with E-state index in [2.05, 4.69) is 33.4 Å². The van der Waals surface area contributed by atoms with Crippen molar-refractivity contribution in [1.29, 1.82) is 0 Å². The Morgan fingerprint density at radius 3 is 2.28 bits per heavy atom. The van der Waals surface area contributed by atoms with Gasteiger partial charge in [0, 0.05) is 51.9 Å². The Kier molecular flexibility index (Phi) is 11.0. The first-order valence-electron chi connectivity index (χ1n) is 8.68. The van der Waals surface area contributed by atoms with Gasteiger partial charge in [-0.2, -0.15) is 0 Å². The molecule has 1 atom stereocenters. The zero-order valence-corrected chi connectivity index (χ0v) is 17.6. The average molecular weight is 452 g/mol. The molecular weight excluding hydrogens is 424 g/mol. The predicted octanol–water partition coefficient (Wildman–Crippen LogP) is 2.40. The number of fused-ring (bicyclic) bond motifs is 1. The summed E-state index contributed by atoms with van der Waals surface area (Å²) in [6.07, 6.45) is 3.65. The summed E-state index contributed by atoms with van der Waals surface area (Å²) in [6, 6.07) is 4.89. The number of nitrogens with zero attached hydrogens (tertiary/aromatic N) is 1. The van der Waals surface area contributed by atoms with Crippen molar-refractivity contribution in [3.05, 3.63) is 29.1 Å². The monoisotopic (exact) mass is 450 g/mol. The number of aromatic nitrogens is 1. The maximum absolute atomic E-state index is 4.92. The van der Waals surface area contributed by atoms with Crippen LogP contribution in [0.5, 0.6) is 0 Å². The fourth-order valence-corrected chi connectivity index (χ4v) is 3.14. The van der Waals surface area contributed by atoms with Gasteiger partial charge in [0.2, 0.25) is 0 Å². The van der Waals surface area contributed by atoms with Gasteiger partial charge < -0.3 is 21.3 Å². The largest absolute Gasteiger partial charge is 0.314 e. The third-order valence-corrected chi connectivity index (χ3v) is 4.29. The minimum absolute atomic E-state index is 0.429. The Balaban J connectivity index is 0.000000511. The van der Waals surface area contributed by atoms with Crippen molar-refractivity contribution < 1.29 is 11.2 Å². The summed E-state index contributed by atoms with van der Waals surface area (Å²) in [5.74, 6) is 0. The average Bonchev–Trinajstić information content (AvgIpc) is 2.59. The van der Waals surface area contributed by atoms with Crippen molar-refractivity contribution in [1.82, 2.24) is 26.3 Å². The van der Waals surface area contributed by atoms with Crippen molar-refractivity contribution in [3.63, 3.8) is 0 Å². The van der Waals surface area contributed by atoms with E-state index in [-0.39, 0.29) is 0 Å². The summed E-state index contributed by atoms with van der Waals surface area (Å²) < 4.78 is 0. The summed E-state index contributed by atoms with van der Waals surface area (Å²) in [6.45, 7) is 6.94. The molecule has 4 N–H and O–H groups in total. The molecule has 9 heteroatoms. The Morgan fingerprint density at radius 2 is 1.56 bits per heavy atom. The quantitative estimate of drug-likeness (QED) is 0.457. The van der Waals surface area contributed by atoms with Crippen LogP contribution in [0.2, 0.25) is 0 Å². The van der Waals surface area contributed by atoms with Crippen molar-refractivity contribution in [2.24, 2.45) is 0 Å². The maximum atomic E-state index is 4.92. The van der Waals surface area contributed by atoms with Gasteiger partial charge in [-0.3, -0.25) is 4.98 Å². The molecule has 0 saturated carbocycles. The smallest absolute Gasteiger partial charge is 0.0608 e. The molecule has 145 valence electrons. The number of halogens is 3. The van der Waals surface area contributed by atoms with E-state index in [9.17, 15) is 0 Å². The first-order chi connectivity index (χ1) is 12.2. The van der Waals surface area contributed by atoms with Crippen LogP contribution in [0.1, 0.15) is 35.8 Å². The zero-order valence-electron chi connectivity index (χ0n) is 14.2. The maximum Gasteiger partial charge on any atom is 0.0608 e. The molecule has 1 unspecified atom stereocenters. The molecule has 0 amide bonds. The second-order valence-corrected chi connectivity index (χ2v) is 11.5. The van der Waals surface area contributed by atoms with Crippen LogP contribution in [-0.4, -0.2) is 44.3 Å². The molecule has 5 nitrogen and oxygen atoms in total. The number of pyridine rings is 1. The van der Waals surface area contributed by atoms with Gasteiger partial charge in [-0.15, -0.1) is 0 Å². The van der Waals surface area contributed by atoms with Gasteiger partial charge >= 0.3 is 41.5 Å². The molecule has 0 aromatic carbocycles. The second kappa shape index (κ2) is 12.7. The van der Waals surface area contributed by atoms with Crippen LogP contribution >= 0.6 is 30.3 Å². The van der Waals surface area contributed by atoms with E-state index >= 15 is 0 Å². The normalized spacial score (nSPS) is 22.7. The molecule has 0 spiro atoms. The third kappa shape index (κ3) is 8.74.